The number of carbonyl (C=O) groups is 2. The number of carbonyl (C=O) groups excluding carboxylic acids is 2. The van der Waals surface area contributed by atoms with E-state index in [-0.39, 0.29) is 23.8 Å². The lowest BCUT2D eigenvalue weighted by Crippen LogP contribution is -2.56. The van der Waals surface area contributed by atoms with Crippen LogP contribution >= 0.6 is 11.8 Å². The number of aryl methyl sites for hydroxylation is 1. The van der Waals surface area contributed by atoms with Crippen LogP contribution in [0.3, 0.4) is 0 Å². The second-order valence-electron chi connectivity index (χ2n) is 11.6. The van der Waals surface area contributed by atoms with E-state index in [2.05, 4.69) is 84.1 Å². The Hall–Kier alpha value is -3.91. The molecule has 0 bridgehead atoms. The van der Waals surface area contributed by atoms with Crippen LogP contribution in [-0.2, 0) is 16.0 Å². The van der Waals surface area contributed by atoms with Gasteiger partial charge in [0.25, 0.3) is 0 Å². The predicted octanol–water partition coefficient (Wildman–Crippen LogP) is 6.68. The monoisotopic (exact) mass is 609 g/mol. The smallest absolute Gasteiger partial charge is 0.230 e. The van der Waals surface area contributed by atoms with Crippen molar-refractivity contribution < 1.29 is 9.59 Å². The van der Waals surface area contributed by atoms with Crippen molar-refractivity contribution in [2.75, 3.05) is 25.4 Å². The molecule has 230 valence electrons. The third-order valence-corrected chi connectivity index (χ3v) is 9.46. The Labute approximate surface area is 265 Å². The van der Waals surface area contributed by atoms with Crippen molar-refractivity contribution in [1.29, 1.82) is 0 Å². The van der Waals surface area contributed by atoms with E-state index in [1.807, 2.05) is 46.2 Å². The molecule has 2 unspecified atom stereocenters. The molecule has 0 aliphatic carbocycles. The van der Waals surface area contributed by atoms with Crippen LogP contribution in [-0.4, -0.2) is 67.8 Å². The number of aromatic nitrogens is 3. The van der Waals surface area contributed by atoms with Crippen LogP contribution in [0, 0.1) is 6.92 Å². The van der Waals surface area contributed by atoms with Crippen molar-refractivity contribution in [2.24, 2.45) is 0 Å². The molecule has 1 saturated heterocycles. The highest BCUT2D eigenvalue weighted by Crippen LogP contribution is 2.27. The van der Waals surface area contributed by atoms with Gasteiger partial charge in [-0.3, -0.25) is 14.2 Å². The van der Waals surface area contributed by atoms with Gasteiger partial charge in [0.15, 0.2) is 5.16 Å². The molecule has 44 heavy (non-hydrogen) atoms. The highest BCUT2D eigenvalue weighted by molar-refractivity contribution is 7.99. The maximum atomic E-state index is 13.4. The lowest BCUT2D eigenvalue weighted by molar-refractivity contribution is -0.143. The van der Waals surface area contributed by atoms with E-state index < -0.39 is 0 Å². The van der Waals surface area contributed by atoms with Crippen LogP contribution in [0.4, 0.5) is 0 Å². The van der Waals surface area contributed by atoms with E-state index in [4.69, 9.17) is 0 Å². The molecule has 1 aliphatic heterocycles. The van der Waals surface area contributed by atoms with Gasteiger partial charge in [0.1, 0.15) is 5.82 Å². The Morgan fingerprint density at radius 3 is 2.32 bits per heavy atom. The zero-order valence-corrected chi connectivity index (χ0v) is 26.9. The standard InChI is InChI=1S/C36H43N5O2S/c1-4-31(30-18-9-6-10-19-30)35(43)40-23-22-39(26-28(40)3)34(42)21-13-14-24-44-36-38-37-33(25-29-16-7-5-8-17-29)41(36)32-20-12-11-15-27(32)2/h5-12,15-20,28,31H,4,13-14,21-26H2,1-3H3. The average Bonchev–Trinajstić information content (AvgIpc) is 3.43. The van der Waals surface area contributed by atoms with E-state index in [0.29, 0.717) is 32.5 Å². The van der Waals surface area contributed by atoms with Gasteiger partial charge >= 0.3 is 0 Å². The summed E-state index contributed by atoms with van der Waals surface area (Å²) in [6, 6.07) is 28.7. The Morgan fingerprint density at radius 2 is 1.61 bits per heavy atom. The third kappa shape index (κ3) is 7.59. The number of piperazine rings is 1. The van der Waals surface area contributed by atoms with E-state index >= 15 is 0 Å². The fourth-order valence-corrected chi connectivity index (χ4v) is 6.96. The lowest BCUT2D eigenvalue weighted by Gasteiger charge is -2.41. The van der Waals surface area contributed by atoms with Gasteiger partial charge < -0.3 is 9.80 Å². The molecule has 5 rings (SSSR count). The Morgan fingerprint density at radius 1 is 0.909 bits per heavy atom. The summed E-state index contributed by atoms with van der Waals surface area (Å²) in [5, 5.41) is 10.0. The maximum absolute atomic E-state index is 13.4. The summed E-state index contributed by atoms with van der Waals surface area (Å²) in [5.74, 6) is 1.99. The highest BCUT2D eigenvalue weighted by atomic mass is 32.2. The van der Waals surface area contributed by atoms with E-state index in [1.54, 1.807) is 11.8 Å². The second-order valence-corrected chi connectivity index (χ2v) is 12.6. The van der Waals surface area contributed by atoms with Gasteiger partial charge in [0, 0.05) is 44.3 Å². The van der Waals surface area contributed by atoms with E-state index in [0.717, 1.165) is 47.2 Å². The molecule has 7 nitrogen and oxygen atoms in total. The summed E-state index contributed by atoms with van der Waals surface area (Å²) in [5.41, 5.74) is 4.54. The van der Waals surface area contributed by atoms with Gasteiger partial charge in [-0.2, -0.15) is 0 Å². The average molecular weight is 610 g/mol. The molecule has 0 N–H and O–H groups in total. The summed E-state index contributed by atoms with van der Waals surface area (Å²) in [7, 11) is 0. The molecular formula is C36H43N5O2S. The molecule has 1 aromatic heterocycles. The maximum Gasteiger partial charge on any atom is 0.230 e. The first-order chi connectivity index (χ1) is 21.5. The van der Waals surface area contributed by atoms with Crippen LogP contribution < -0.4 is 0 Å². The summed E-state index contributed by atoms with van der Waals surface area (Å²) in [4.78, 5) is 30.4. The normalized spacial score (nSPS) is 15.8. The lowest BCUT2D eigenvalue weighted by atomic mass is 9.94. The fourth-order valence-electron chi connectivity index (χ4n) is 5.99. The van der Waals surface area contributed by atoms with Crippen molar-refractivity contribution >= 4 is 23.6 Å². The first-order valence-corrected chi connectivity index (χ1v) is 16.7. The third-order valence-electron chi connectivity index (χ3n) is 8.45. The van der Waals surface area contributed by atoms with Gasteiger partial charge in [-0.1, -0.05) is 97.5 Å². The summed E-state index contributed by atoms with van der Waals surface area (Å²) >= 11 is 1.70. The number of nitrogens with zero attached hydrogens (tertiary/aromatic N) is 5. The Kier molecular flexibility index (Phi) is 10.9. The number of rotatable bonds is 12. The van der Waals surface area contributed by atoms with Crippen molar-refractivity contribution in [1.82, 2.24) is 24.6 Å². The number of hydrogen-bond donors (Lipinski definition) is 0. The molecular weight excluding hydrogens is 566 g/mol. The number of unbranched alkanes of at least 4 members (excludes halogenated alkanes) is 1. The summed E-state index contributed by atoms with van der Waals surface area (Å²) in [6.45, 7) is 8.01. The minimum Gasteiger partial charge on any atom is -0.339 e. The topological polar surface area (TPSA) is 71.3 Å². The minimum atomic E-state index is -0.135. The van der Waals surface area contributed by atoms with Crippen LogP contribution in [0.2, 0.25) is 0 Å². The number of para-hydroxylation sites is 1. The molecule has 2 amide bonds. The van der Waals surface area contributed by atoms with Gasteiger partial charge in [0.2, 0.25) is 11.8 Å². The molecule has 1 fully saturated rings. The van der Waals surface area contributed by atoms with Crippen LogP contribution in [0.1, 0.15) is 68.0 Å². The fraction of sp³-hybridized carbons (Fsp3) is 0.389. The second kappa shape index (κ2) is 15.2. The van der Waals surface area contributed by atoms with Crippen molar-refractivity contribution in [3.05, 3.63) is 107 Å². The van der Waals surface area contributed by atoms with Crippen molar-refractivity contribution in [3.63, 3.8) is 0 Å². The first kappa shape index (κ1) is 31.5. The molecule has 0 radical (unpaired) electrons. The molecule has 0 saturated carbocycles. The number of benzene rings is 3. The van der Waals surface area contributed by atoms with Crippen molar-refractivity contribution in [2.45, 2.75) is 70.0 Å². The van der Waals surface area contributed by atoms with Crippen LogP contribution in [0.5, 0.6) is 0 Å². The van der Waals surface area contributed by atoms with E-state index in [9.17, 15) is 9.59 Å². The predicted molar refractivity (Wildman–Crippen MR) is 177 cm³/mol. The minimum absolute atomic E-state index is 0.00593. The van der Waals surface area contributed by atoms with Gasteiger partial charge in [-0.05, 0) is 55.9 Å². The molecule has 4 aromatic rings. The summed E-state index contributed by atoms with van der Waals surface area (Å²) < 4.78 is 2.18. The molecule has 0 spiro atoms. The zero-order valence-electron chi connectivity index (χ0n) is 26.1. The van der Waals surface area contributed by atoms with Gasteiger partial charge in [-0.25, -0.2) is 0 Å². The van der Waals surface area contributed by atoms with E-state index in [1.165, 1.54) is 11.1 Å². The van der Waals surface area contributed by atoms with Gasteiger partial charge in [0.05, 0.1) is 11.6 Å². The molecule has 1 aliphatic rings. The molecule has 8 heteroatoms. The summed E-state index contributed by atoms with van der Waals surface area (Å²) in [6.07, 6.45) is 3.73. The van der Waals surface area contributed by atoms with Gasteiger partial charge in [-0.15, -0.1) is 10.2 Å². The largest absolute Gasteiger partial charge is 0.339 e. The quantitative estimate of drug-likeness (QED) is 0.132. The first-order valence-electron chi connectivity index (χ1n) is 15.8. The number of hydrogen-bond acceptors (Lipinski definition) is 5. The Bertz CT molecular complexity index is 1520. The Balaban J connectivity index is 1.12. The van der Waals surface area contributed by atoms with Crippen LogP contribution in [0.25, 0.3) is 5.69 Å². The SMILES string of the molecule is CCC(C(=O)N1CCN(C(=O)CCCCSc2nnc(Cc3ccccc3)n2-c2ccccc2C)CC1C)c1ccccc1. The number of thioether (sulfide) groups is 1. The zero-order chi connectivity index (χ0) is 30.9. The molecule has 2 heterocycles. The van der Waals surface area contributed by atoms with Crippen LogP contribution in [0.15, 0.2) is 90.1 Å². The number of amides is 2. The highest BCUT2D eigenvalue weighted by Gasteiger charge is 2.33. The molecule has 2 atom stereocenters. The molecule has 3 aromatic carbocycles. The van der Waals surface area contributed by atoms with Crippen molar-refractivity contribution in [3.8, 4) is 5.69 Å².